The maximum Gasteiger partial charge on any atom is 0.324 e. The highest BCUT2D eigenvalue weighted by molar-refractivity contribution is 7.10. The first-order valence-corrected chi connectivity index (χ1v) is 19.0. The van der Waals surface area contributed by atoms with Crippen LogP contribution in [0.25, 0.3) is 27.7 Å². The van der Waals surface area contributed by atoms with Crippen molar-refractivity contribution in [2.45, 2.75) is 97.6 Å². The summed E-state index contributed by atoms with van der Waals surface area (Å²) in [7, 11) is 1.67. The van der Waals surface area contributed by atoms with Crippen LogP contribution in [0.2, 0.25) is 0 Å². The summed E-state index contributed by atoms with van der Waals surface area (Å²) in [5.74, 6) is -1.07. The van der Waals surface area contributed by atoms with Gasteiger partial charge in [-0.15, -0.1) is 11.3 Å². The van der Waals surface area contributed by atoms with Crippen molar-refractivity contribution in [1.82, 2.24) is 25.3 Å². The van der Waals surface area contributed by atoms with Gasteiger partial charge in [-0.1, -0.05) is 32.6 Å². The molecule has 13 heteroatoms. The summed E-state index contributed by atoms with van der Waals surface area (Å²) in [6, 6.07) is 4.77. The van der Waals surface area contributed by atoms with Gasteiger partial charge >= 0.3 is 5.97 Å². The lowest BCUT2D eigenvalue weighted by atomic mass is 9.84. The van der Waals surface area contributed by atoms with E-state index >= 15 is 0 Å². The Kier molecular flexibility index (Phi) is 11.4. The normalized spacial score (nSPS) is 23.4. The van der Waals surface area contributed by atoms with Crippen molar-refractivity contribution in [2.75, 3.05) is 26.9 Å². The van der Waals surface area contributed by atoms with E-state index in [-0.39, 0.29) is 30.9 Å². The number of amides is 2. The number of aliphatic imine (C=N–C) groups is 1. The Morgan fingerprint density at radius 3 is 2.77 bits per heavy atom. The minimum Gasteiger partial charge on any atom is -0.464 e. The Labute approximate surface area is 309 Å². The number of aryl methyl sites for hydroxylation is 1. The second-order valence-electron chi connectivity index (χ2n) is 14.4. The number of carbonyl (C=O) groups is 3. The van der Waals surface area contributed by atoms with E-state index in [0.717, 1.165) is 44.7 Å². The lowest BCUT2D eigenvalue weighted by molar-refractivity contribution is -0.156. The van der Waals surface area contributed by atoms with E-state index in [2.05, 4.69) is 60.9 Å². The minimum absolute atomic E-state index is 0.160. The molecule has 3 aliphatic rings. The number of nitrogens with zero attached hydrogens (tertiary/aromatic N) is 4. The van der Waals surface area contributed by atoms with Gasteiger partial charge in [0.05, 0.1) is 41.4 Å². The molecule has 2 N–H and O–H groups in total. The maximum atomic E-state index is 14.0. The summed E-state index contributed by atoms with van der Waals surface area (Å²) in [4.78, 5) is 50.4. The summed E-state index contributed by atoms with van der Waals surface area (Å²) in [5.41, 5.74) is 9.14. The molecular formula is C39H50N6O6S. The van der Waals surface area contributed by atoms with Crippen molar-refractivity contribution in [2.24, 2.45) is 10.4 Å². The first kappa shape index (κ1) is 37.6. The van der Waals surface area contributed by atoms with Crippen LogP contribution in [0.5, 0.6) is 0 Å². The van der Waals surface area contributed by atoms with Gasteiger partial charge in [-0.25, -0.2) is 10.4 Å². The Hall–Kier alpha value is -4.17. The van der Waals surface area contributed by atoms with E-state index in [9.17, 15) is 14.4 Å². The first-order valence-electron chi connectivity index (χ1n) is 18.1. The number of benzene rings is 1. The van der Waals surface area contributed by atoms with E-state index in [1.165, 1.54) is 16.3 Å². The zero-order chi connectivity index (χ0) is 37.2. The third kappa shape index (κ3) is 7.64. The maximum absolute atomic E-state index is 14.0. The van der Waals surface area contributed by atoms with Crippen molar-refractivity contribution in [3.8, 4) is 11.3 Å². The predicted molar refractivity (Wildman–Crippen MR) is 203 cm³/mol. The van der Waals surface area contributed by atoms with Crippen molar-refractivity contribution >= 4 is 51.8 Å². The quantitative estimate of drug-likeness (QED) is 0.183. The monoisotopic (exact) mass is 730 g/mol. The molecule has 52 heavy (non-hydrogen) atoms. The van der Waals surface area contributed by atoms with E-state index in [0.29, 0.717) is 50.4 Å². The molecule has 1 unspecified atom stereocenters. The van der Waals surface area contributed by atoms with Crippen LogP contribution in [0.4, 0.5) is 0 Å². The first-order chi connectivity index (χ1) is 25.0. The third-order valence-electron chi connectivity index (χ3n) is 10.1. The Morgan fingerprint density at radius 1 is 1.31 bits per heavy atom. The average molecular weight is 731 g/mol. The molecule has 0 aliphatic carbocycles. The number of cyclic esters (lactones) is 1. The molecule has 0 spiro atoms. The van der Waals surface area contributed by atoms with Gasteiger partial charge in [0.15, 0.2) is 0 Å². The fourth-order valence-electron chi connectivity index (χ4n) is 7.18. The van der Waals surface area contributed by atoms with Crippen molar-refractivity contribution in [1.29, 1.82) is 0 Å². The van der Waals surface area contributed by atoms with Crippen LogP contribution < -0.4 is 10.7 Å². The molecule has 12 nitrogen and oxygen atoms in total. The molecule has 2 aromatic heterocycles. The molecule has 3 aromatic rings. The van der Waals surface area contributed by atoms with Gasteiger partial charge in [0, 0.05) is 72.1 Å². The molecule has 6 rings (SSSR count). The number of methoxy groups -OCH3 is 1. The van der Waals surface area contributed by atoms with Gasteiger partial charge in [0.2, 0.25) is 5.91 Å². The predicted octanol–water partition coefficient (Wildman–Crippen LogP) is 5.24. The number of hydrogen-bond acceptors (Lipinski definition) is 10. The van der Waals surface area contributed by atoms with Gasteiger partial charge < -0.3 is 24.1 Å². The van der Waals surface area contributed by atoms with Crippen molar-refractivity contribution < 1.29 is 28.6 Å². The number of carbonyl (C=O) groups excluding carboxylic acids is 3. The Balaban J connectivity index is 1.51. The molecule has 3 aliphatic heterocycles. The standard InChI is InChI=1S/C39H50N6O6S/c1-8-25(34(40-9-2)23(4)49-7)35-27-20-39(5,6)22-51-38(48)28-12-11-16-45(43-28)37(47)29(42-36(46)32-15-17-50-32)19-33-41-30(21-52-33)24-13-14-31(26(27)18-24)44(35)10-3/h8-9,13-14,18,21,23,28-29,32,43H,1,10-12,15-17,19-20,22H2,2-7H3,(H,42,46)/b34-25+,40-9?/t23-,28-,29-,32?/m0/s1. The van der Waals surface area contributed by atoms with Crippen LogP contribution in [0.3, 0.4) is 0 Å². The van der Waals surface area contributed by atoms with Crippen LogP contribution in [0.1, 0.15) is 70.1 Å². The number of rotatable bonds is 8. The molecule has 0 radical (unpaired) electrons. The number of hydrogen-bond donors (Lipinski definition) is 2. The fraction of sp³-hybridized carbons (Fsp3) is 0.513. The minimum atomic E-state index is -0.899. The number of nitrogens with one attached hydrogen (secondary N) is 2. The zero-order valence-electron chi connectivity index (χ0n) is 31.0. The highest BCUT2D eigenvalue weighted by Crippen LogP contribution is 2.40. The van der Waals surface area contributed by atoms with Gasteiger partial charge in [-0.05, 0) is 57.7 Å². The van der Waals surface area contributed by atoms with E-state index in [4.69, 9.17) is 24.2 Å². The number of esters is 1. The molecule has 5 heterocycles. The van der Waals surface area contributed by atoms with Crippen molar-refractivity contribution in [3.05, 3.63) is 58.2 Å². The van der Waals surface area contributed by atoms with Crippen LogP contribution in [0, 0.1) is 5.41 Å². The Morgan fingerprint density at radius 2 is 2.10 bits per heavy atom. The van der Waals surface area contributed by atoms with Crippen LogP contribution in [-0.2, 0) is 48.0 Å². The van der Waals surface area contributed by atoms with E-state index in [1.807, 2.05) is 25.3 Å². The summed E-state index contributed by atoms with van der Waals surface area (Å²) in [6.45, 7) is 16.2. The molecule has 4 atom stereocenters. The molecular weight excluding hydrogens is 681 g/mol. The highest BCUT2D eigenvalue weighted by atomic mass is 32.1. The molecule has 278 valence electrons. The molecule has 2 amide bonds. The SMILES string of the molecule is C=C/C(=C(\N=CC)[C@H](C)OC)c1c2c3cc(ccc3n1CC)-c1csc(n1)C[C@H](NC(=O)C1CCO1)C(=O)N1CCC[C@H](N1)C(=O)OCC(C)(C)C2. The van der Waals surface area contributed by atoms with Gasteiger partial charge in [-0.3, -0.25) is 24.4 Å². The van der Waals surface area contributed by atoms with Crippen LogP contribution in [0.15, 0.2) is 46.9 Å². The smallest absolute Gasteiger partial charge is 0.324 e. The third-order valence-corrected chi connectivity index (χ3v) is 10.9. The van der Waals surface area contributed by atoms with Gasteiger partial charge in [-0.2, -0.15) is 0 Å². The highest BCUT2D eigenvalue weighted by Gasteiger charge is 2.37. The Bertz CT molecular complexity index is 1910. The molecule has 1 aromatic carbocycles. The lowest BCUT2D eigenvalue weighted by Gasteiger charge is -2.36. The topological polar surface area (TPSA) is 136 Å². The second-order valence-corrected chi connectivity index (χ2v) is 15.3. The van der Waals surface area contributed by atoms with Gasteiger partial charge in [0.25, 0.3) is 5.91 Å². The van der Waals surface area contributed by atoms with E-state index in [1.54, 1.807) is 13.3 Å². The number of fused-ring (bicyclic) bond motifs is 6. The summed E-state index contributed by atoms with van der Waals surface area (Å²) in [6.07, 6.45) is 5.28. The largest absolute Gasteiger partial charge is 0.464 e. The molecule has 0 saturated carbocycles. The molecule has 6 bridgehead atoms. The fourth-order valence-corrected chi connectivity index (χ4v) is 8.03. The van der Waals surface area contributed by atoms with E-state index < -0.39 is 29.6 Å². The zero-order valence-corrected chi connectivity index (χ0v) is 31.8. The number of thiazole rings is 1. The molecule has 2 fully saturated rings. The number of ether oxygens (including phenoxy) is 3. The summed E-state index contributed by atoms with van der Waals surface area (Å²) in [5, 5.41) is 8.12. The number of aromatic nitrogens is 2. The summed E-state index contributed by atoms with van der Waals surface area (Å²) >= 11 is 1.45. The number of allylic oxidation sites excluding steroid dienone is 2. The van der Waals surface area contributed by atoms with Gasteiger partial charge in [0.1, 0.15) is 18.2 Å². The summed E-state index contributed by atoms with van der Waals surface area (Å²) < 4.78 is 19.5. The van der Waals surface area contributed by atoms with Crippen LogP contribution in [-0.4, -0.2) is 89.7 Å². The average Bonchev–Trinajstić information content (AvgIpc) is 3.70. The lowest BCUT2D eigenvalue weighted by Crippen LogP contribution is -2.61. The van der Waals surface area contributed by atoms with Crippen molar-refractivity contribution in [3.63, 3.8) is 0 Å². The van der Waals surface area contributed by atoms with Crippen LogP contribution >= 0.6 is 11.3 Å². The number of hydrazine groups is 1. The second kappa shape index (κ2) is 15.8. The molecule has 2 saturated heterocycles.